The number of carbonyl (C=O) groups excluding carboxylic acids is 2. The van der Waals surface area contributed by atoms with Crippen molar-refractivity contribution in [3.63, 3.8) is 0 Å². The molecule has 6 heteroatoms. The summed E-state index contributed by atoms with van der Waals surface area (Å²) in [5.74, 6) is 0. The number of benzene rings is 1. The van der Waals surface area contributed by atoms with Crippen molar-refractivity contribution in [2.45, 2.75) is 69.5 Å². The van der Waals surface area contributed by atoms with Gasteiger partial charge in [-0.15, -0.1) is 0 Å². The summed E-state index contributed by atoms with van der Waals surface area (Å²) in [6.45, 7) is 5.47. The molecule has 1 aliphatic rings. The molecule has 0 unspecified atom stereocenters. The lowest BCUT2D eigenvalue weighted by Gasteiger charge is -2.23. The molecule has 138 valence electrons. The fraction of sp³-hybridized carbons (Fsp3) is 0.579. The van der Waals surface area contributed by atoms with Gasteiger partial charge in [0.25, 0.3) is 0 Å². The Hall–Kier alpha value is -1.53. The summed E-state index contributed by atoms with van der Waals surface area (Å²) < 4.78 is 5.29. The Morgan fingerprint density at radius 3 is 2.40 bits per heavy atom. The van der Waals surface area contributed by atoms with Crippen molar-refractivity contribution < 1.29 is 19.4 Å². The monoisotopic (exact) mass is 365 g/mol. The van der Waals surface area contributed by atoms with E-state index in [1.807, 2.05) is 39.0 Å². The Morgan fingerprint density at radius 2 is 1.76 bits per heavy atom. The van der Waals surface area contributed by atoms with Crippen LogP contribution in [0.15, 0.2) is 30.3 Å². The van der Waals surface area contributed by atoms with Crippen LogP contribution in [-0.4, -0.2) is 39.3 Å². The lowest BCUT2D eigenvalue weighted by atomic mass is 10.1. The normalized spacial score (nSPS) is 24.2. The number of hydrogen-bond acceptors (Lipinski definition) is 5. The van der Waals surface area contributed by atoms with Gasteiger partial charge in [-0.2, -0.15) is 0 Å². The van der Waals surface area contributed by atoms with Gasteiger partial charge in [0, 0.05) is 16.9 Å². The second-order valence-corrected chi connectivity index (χ2v) is 8.59. The molecule has 0 radical (unpaired) electrons. The summed E-state index contributed by atoms with van der Waals surface area (Å²) in [6.07, 6.45) is 1.64. The number of rotatable bonds is 3. The molecule has 0 aliphatic heterocycles. The van der Waals surface area contributed by atoms with Crippen LogP contribution in [0.2, 0.25) is 0 Å². The van der Waals surface area contributed by atoms with Gasteiger partial charge in [0.1, 0.15) is 5.60 Å². The Kier molecular flexibility index (Phi) is 6.90. The van der Waals surface area contributed by atoms with Crippen LogP contribution in [0.4, 0.5) is 4.79 Å². The van der Waals surface area contributed by atoms with Gasteiger partial charge in [0.05, 0.1) is 6.10 Å². The molecule has 0 saturated heterocycles. The van der Waals surface area contributed by atoms with Crippen molar-refractivity contribution in [2.24, 2.45) is 0 Å². The zero-order valence-corrected chi connectivity index (χ0v) is 15.8. The van der Waals surface area contributed by atoms with E-state index in [1.54, 1.807) is 12.1 Å². The largest absolute Gasteiger partial charge is 0.444 e. The Balaban J connectivity index is 1.88. The lowest BCUT2D eigenvalue weighted by Crippen LogP contribution is -2.38. The van der Waals surface area contributed by atoms with Gasteiger partial charge in [0.2, 0.25) is 5.12 Å². The first-order chi connectivity index (χ1) is 11.7. The molecule has 0 spiro atoms. The van der Waals surface area contributed by atoms with Crippen LogP contribution in [0.5, 0.6) is 0 Å². The topological polar surface area (TPSA) is 75.6 Å². The molecule has 1 saturated carbocycles. The quantitative estimate of drug-likeness (QED) is 0.798. The zero-order valence-electron chi connectivity index (χ0n) is 15.0. The molecule has 3 atom stereocenters. The van der Waals surface area contributed by atoms with E-state index in [-0.39, 0.29) is 16.4 Å². The third-order valence-corrected chi connectivity index (χ3v) is 5.33. The molecule has 0 aromatic heterocycles. The Morgan fingerprint density at radius 1 is 1.12 bits per heavy atom. The number of thioether (sulfide) groups is 1. The summed E-state index contributed by atoms with van der Waals surface area (Å²) in [5.41, 5.74) is 0.113. The number of aliphatic hydroxyl groups excluding tert-OH is 1. The highest BCUT2D eigenvalue weighted by molar-refractivity contribution is 8.14. The van der Waals surface area contributed by atoms with Gasteiger partial charge in [-0.25, -0.2) is 4.79 Å². The minimum absolute atomic E-state index is 0.0248. The highest BCUT2D eigenvalue weighted by atomic mass is 32.2. The van der Waals surface area contributed by atoms with E-state index in [4.69, 9.17) is 4.74 Å². The number of alkyl carbamates (subject to hydrolysis) is 1. The SMILES string of the molecule is CC(C)(C)OC(=O)N[C@@H]1CC[C@@H](O)[C@H](SC(=O)c2ccccc2)CC1. The van der Waals surface area contributed by atoms with E-state index >= 15 is 0 Å². The number of nitrogens with one attached hydrogen (secondary N) is 1. The minimum Gasteiger partial charge on any atom is -0.444 e. The van der Waals surface area contributed by atoms with Crippen molar-refractivity contribution in [3.05, 3.63) is 35.9 Å². The summed E-state index contributed by atoms with van der Waals surface area (Å²) in [7, 11) is 0. The third-order valence-electron chi connectivity index (χ3n) is 4.03. The van der Waals surface area contributed by atoms with Crippen LogP contribution >= 0.6 is 11.8 Å². The van der Waals surface area contributed by atoms with Gasteiger partial charge in [-0.05, 0) is 46.5 Å². The van der Waals surface area contributed by atoms with Crippen LogP contribution in [-0.2, 0) is 4.74 Å². The first-order valence-corrected chi connectivity index (χ1v) is 9.56. The van der Waals surface area contributed by atoms with Gasteiger partial charge in [0.15, 0.2) is 0 Å². The molecule has 0 heterocycles. The fourth-order valence-electron chi connectivity index (χ4n) is 2.80. The van der Waals surface area contributed by atoms with E-state index < -0.39 is 17.8 Å². The van der Waals surface area contributed by atoms with Crippen LogP contribution < -0.4 is 5.32 Å². The first-order valence-electron chi connectivity index (χ1n) is 8.68. The van der Waals surface area contributed by atoms with Gasteiger partial charge in [-0.3, -0.25) is 4.79 Å². The van der Waals surface area contributed by atoms with E-state index in [1.165, 1.54) is 11.8 Å². The van der Waals surface area contributed by atoms with Crippen LogP contribution in [0.25, 0.3) is 0 Å². The van der Waals surface area contributed by atoms with E-state index in [0.717, 1.165) is 6.42 Å². The Bertz CT molecular complexity index is 585. The van der Waals surface area contributed by atoms with Crippen molar-refractivity contribution in [3.8, 4) is 0 Å². The van der Waals surface area contributed by atoms with E-state index in [0.29, 0.717) is 24.8 Å². The van der Waals surface area contributed by atoms with Crippen molar-refractivity contribution in [1.82, 2.24) is 5.32 Å². The maximum atomic E-state index is 12.3. The number of ether oxygens (including phenoxy) is 1. The Labute approximate surface area is 153 Å². The number of aliphatic hydroxyl groups is 1. The summed E-state index contributed by atoms with van der Waals surface area (Å²) >= 11 is 1.19. The maximum Gasteiger partial charge on any atom is 0.407 e. The molecule has 1 aliphatic carbocycles. The van der Waals surface area contributed by atoms with E-state index in [9.17, 15) is 14.7 Å². The smallest absolute Gasteiger partial charge is 0.407 e. The predicted molar refractivity (Wildman–Crippen MR) is 99.8 cm³/mol. The first kappa shape index (κ1) is 19.8. The molecule has 1 aromatic rings. The third kappa shape index (κ3) is 6.71. The molecular formula is C19H27NO4S. The fourth-order valence-corrected chi connectivity index (χ4v) is 3.89. The minimum atomic E-state index is -0.553. The standard InChI is InChI=1S/C19H27NO4S/c1-19(2,3)24-18(23)20-14-9-11-15(21)16(12-10-14)25-17(22)13-7-5-4-6-8-13/h4-8,14-16,21H,9-12H2,1-3H3,(H,20,23)/t14-,15-,16-/m1/s1. The molecule has 25 heavy (non-hydrogen) atoms. The van der Waals surface area contributed by atoms with Crippen LogP contribution in [0, 0.1) is 0 Å². The van der Waals surface area contributed by atoms with Gasteiger partial charge >= 0.3 is 6.09 Å². The molecule has 1 amide bonds. The maximum absolute atomic E-state index is 12.3. The zero-order chi connectivity index (χ0) is 18.4. The number of hydrogen-bond donors (Lipinski definition) is 2. The summed E-state index contributed by atoms with van der Waals surface area (Å²) in [6, 6.07) is 9.06. The molecular weight excluding hydrogens is 338 g/mol. The number of carbonyl (C=O) groups is 2. The van der Waals surface area contributed by atoms with Crippen molar-refractivity contribution in [2.75, 3.05) is 0 Å². The highest BCUT2D eigenvalue weighted by Crippen LogP contribution is 2.30. The van der Waals surface area contributed by atoms with Crippen LogP contribution in [0.1, 0.15) is 56.8 Å². The van der Waals surface area contributed by atoms with Gasteiger partial charge < -0.3 is 15.2 Å². The second kappa shape index (κ2) is 8.72. The molecule has 2 N–H and O–H groups in total. The average Bonchev–Trinajstić information content (AvgIpc) is 2.70. The van der Waals surface area contributed by atoms with Gasteiger partial charge in [-0.1, -0.05) is 42.1 Å². The number of amides is 1. The molecule has 2 rings (SSSR count). The van der Waals surface area contributed by atoms with Crippen molar-refractivity contribution >= 4 is 23.0 Å². The average molecular weight is 365 g/mol. The highest BCUT2D eigenvalue weighted by Gasteiger charge is 2.30. The van der Waals surface area contributed by atoms with Crippen LogP contribution in [0.3, 0.4) is 0 Å². The molecule has 1 aromatic carbocycles. The van der Waals surface area contributed by atoms with Crippen molar-refractivity contribution in [1.29, 1.82) is 0 Å². The summed E-state index contributed by atoms with van der Waals surface area (Å²) in [4.78, 5) is 24.3. The molecule has 1 fully saturated rings. The second-order valence-electron chi connectivity index (χ2n) is 7.37. The molecule has 0 bridgehead atoms. The predicted octanol–water partition coefficient (Wildman–Crippen LogP) is 3.76. The molecule has 5 nitrogen and oxygen atoms in total. The summed E-state index contributed by atoms with van der Waals surface area (Å²) in [5, 5.41) is 13.1. The lowest BCUT2D eigenvalue weighted by molar-refractivity contribution is 0.0498. The van der Waals surface area contributed by atoms with E-state index in [2.05, 4.69) is 5.32 Å².